The van der Waals surface area contributed by atoms with Gasteiger partial charge in [-0.3, -0.25) is 0 Å². The molecule has 0 bridgehead atoms. The Bertz CT molecular complexity index is 472. The molecule has 19 heavy (non-hydrogen) atoms. The molecule has 0 aliphatic rings. The standard InChI is InChI=1S/C12H14Br2N2O3/c1-6(2)9(11(17)18)15-12(19)16-10-7(13)4-3-5-8(10)14/h3-6,9H,1-2H3,(H,17,18)(H2,15,16,19)/t9-/m0/s1. The number of aliphatic carboxylic acids is 1. The van der Waals surface area contributed by atoms with Gasteiger partial charge in [-0.05, 0) is 49.9 Å². The van der Waals surface area contributed by atoms with Crippen LogP contribution < -0.4 is 10.6 Å². The van der Waals surface area contributed by atoms with Crippen molar-refractivity contribution >= 4 is 49.5 Å². The maximum absolute atomic E-state index is 11.8. The number of benzene rings is 1. The highest BCUT2D eigenvalue weighted by Gasteiger charge is 2.23. The van der Waals surface area contributed by atoms with Crippen LogP contribution in [0.25, 0.3) is 0 Å². The molecule has 1 rings (SSSR count). The first-order valence-corrected chi connectivity index (χ1v) is 7.16. The molecule has 0 spiro atoms. The van der Waals surface area contributed by atoms with E-state index in [0.29, 0.717) is 14.6 Å². The summed E-state index contributed by atoms with van der Waals surface area (Å²) >= 11 is 6.62. The summed E-state index contributed by atoms with van der Waals surface area (Å²) in [5, 5.41) is 14.0. The maximum atomic E-state index is 11.8. The molecule has 7 heteroatoms. The first kappa shape index (κ1) is 16.0. The highest BCUT2D eigenvalue weighted by atomic mass is 79.9. The second-order valence-electron chi connectivity index (χ2n) is 4.26. The molecule has 0 saturated carbocycles. The quantitative estimate of drug-likeness (QED) is 0.733. The van der Waals surface area contributed by atoms with E-state index in [2.05, 4.69) is 42.5 Å². The van der Waals surface area contributed by atoms with Crippen LogP contribution in [0.2, 0.25) is 0 Å². The van der Waals surface area contributed by atoms with Crippen molar-refractivity contribution < 1.29 is 14.7 Å². The summed E-state index contributed by atoms with van der Waals surface area (Å²) in [6.45, 7) is 3.46. The molecule has 0 heterocycles. The lowest BCUT2D eigenvalue weighted by atomic mass is 10.1. The van der Waals surface area contributed by atoms with Crippen LogP contribution in [0.1, 0.15) is 13.8 Å². The molecule has 0 aromatic heterocycles. The number of carbonyl (C=O) groups excluding carboxylic acids is 1. The van der Waals surface area contributed by atoms with Gasteiger partial charge in [-0.2, -0.15) is 0 Å². The summed E-state index contributed by atoms with van der Waals surface area (Å²) in [5.41, 5.74) is 0.549. The molecule has 0 saturated heterocycles. The second kappa shape index (κ2) is 6.91. The van der Waals surface area contributed by atoms with Crippen LogP contribution >= 0.6 is 31.9 Å². The summed E-state index contributed by atoms with van der Waals surface area (Å²) in [5.74, 6) is -1.26. The van der Waals surface area contributed by atoms with Gasteiger partial charge >= 0.3 is 12.0 Å². The van der Waals surface area contributed by atoms with E-state index in [1.807, 2.05) is 6.07 Å². The minimum atomic E-state index is -1.06. The molecule has 1 atom stereocenters. The Morgan fingerprint density at radius 2 is 1.74 bits per heavy atom. The average molecular weight is 394 g/mol. The number of urea groups is 1. The molecule has 0 aliphatic carbocycles. The molecular formula is C12H14Br2N2O3. The molecule has 2 amide bonds. The number of rotatable bonds is 4. The Morgan fingerprint density at radius 3 is 2.16 bits per heavy atom. The molecule has 3 N–H and O–H groups in total. The van der Waals surface area contributed by atoms with Crippen LogP contribution in [-0.2, 0) is 4.79 Å². The van der Waals surface area contributed by atoms with Crippen molar-refractivity contribution in [1.29, 1.82) is 0 Å². The summed E-state index contributed by atoms with van der Waals surface area (Å²) in [6.07, 6.45) is 0. The van der Waals surface area contributed by atoms with Gasteiger partial charge in [-0.15, -0.1) is 0 Å². The highest BCUT2D eigenvalue weighted by molar-refractivity contribution is 9.11. The number of anilines is 1. The zero-order valence-corrected chi connectivity index (χ0v) is 13.6. The van der Waals surface area contributed by atoms with Gasteiger partial charge in [0.2, 0.25) is 0 Å². The Morgan fingerprint density at radius 1 is 1.21 bits per heavy atom. The van der Waals surface area contributed by atoms with Crippen LogP contribution in [-0.4, -0.2) is 23.1 Å². The van der Waals surface area contributed by atoms with E-state index >= 15 is 0 Å². The minimum Gasteiger partial charge on any atom is -0.480 e. The van der Waals surface area contributed by atoms with Crippen molar-refractivity contribution in [1.82, 2.24) is 5.32 Å². The van der Waals surface area contributed by atoms with Crippen molar-refractivity contribution in [3.05, 3.63) is 27.1 Å². The van der Waals surface area contributed by atoms with E-state index in [1.54, 1.807) is 26.0 Å². The largest absolute Gasteiger partial charge is 0.480 e. The maximum Gasteiger partial charge on any atom is 0.326 e. The van der Waals surface area contributed by atoms with Crippen LogP contribution in [0.4, 0.5) is 10.5 Å². The van der Waals surface area contributed by atoms with Crippen molar-refractivity contribution in [2.75, 3.05) is 5.32 Å². The smallest absolute Gasteiger partial charge is 0.326 e. The number of carboxylic acids is 1. The summed E-state index contributed by atoms with van der Waals surface area (Å²) in [4.78, 5) is 22.8. The SMILES string of the molecule is CC(C)[C@H](NC(=O)Nc1c(Br)cccc1Br)C(=O)O. The zero-order chi connectivity index (χ0) is 14.6. The number of para-hydroxylation sites is 1. The molecule has 1 aromatic carbocycles. The molecular weight excluding hydrogens is 380 g/mol. The Balaban J connectivity index is 2.78. The molecule has 0 fully saturated rings. The summed E-state index contributed by atoms with van der Waals surface area (Å²) < 4.78 is 1.40. The second-order valence-corrected chi connectivity index (χ2v) is 5.96. The molecule has 0 radical (unpaired) electrons. The highest BCUT2D eigenvalue weighted by Crippen LogP contribution is 2.30. The molecule has 0 unspecified atom stereocenters. The number of nitrogens with one attached hydrogen (secondary N) is 2. The molecule has 0 aliphatic heterocycles. The fraction of sp³-hybridized carbons (Fsp3) is 0.333. The van der Waals surface area contributed by atoms with Crippen molar-refractivity contribution in [3.63, 3.8) is 0 Å². The van der Waals surface area contributed by atoms with Gasteiger partial charge in [-0.25, -0.2) is 9.59 Å². The van der Waals surface area contributed by atoms with Gasteiger partial charge in [-0.1, -0.05) is 19.9 Å². The first-order chi connectivity index (χ1) is 8.82. The third-order valence-electron chi connectivity index (χ3n) is 2.42. The topological polar surface area (TPSA) is 78.4 Å². The van der Waals surface area contributed by atoms with Crippen molar-refractivity contribution in [2.24, 2.45) is 5.92 Å². The van der Waals surface area contributed by atoms with Crippen molar-refractivity contribution in [3.8, 4) is 0 Å². The normalized spacial score (nSPS) is 12.1. The lowest BCUT2D eigenvalue weighted by Gasteiger charge is -2.19. The van der Waals surface area contributed by atoms with Crippen LogP contribution in [0, 0.1) is 5.92 Å². The molecule has 104 valence electrons. The van der Waals surface area contributed by atoms with Gasteiger partial charge in [0.05, 0.1) is 5.69 Å². The van der Waals surface area contributed by atoms with E-state index in [1.165, 1.54) is 0 Å². The van der Waals surface area contributed by atoms with Crippen molar-refractivity contribution in [2.45, 2.75) is 19.9 Å². The first-order valence-electron chi connectivity index (χ1n) is 5.57. The molecule has 5 nitrogen and oxygen atoms in total. The van der Waals surface area contributed by atoms with Crippen LogP contribution in [0.15, 0.2) is 27.1 Å². The van der Waals surface area contributed by atoms with E-state index in [4.69, 9.17) is 5.11 Å². The summed E-state index contributed by atoms with van der Waals surface area (Å²) in [7, 11) is 0. The number of halogens is 2. The fourth-order valence-corrected chi connectivity index (χ4v) is 2.62. The minimum absolute atomic E-state index is 0.203. The third-order valence-corrected chi connectivity index (χ3v) is 3.74. The fourth-order valence-electron chi connectivity index (χ4n) is 1.42. The van der Waals surface area contributed by atoms with E-state index in [0.717, 1.165) is 0 Å². The predicted molar refractivity (Wildman–Crippen MR) is 80.3 cm³/mol. The van der Waals surface area contributed by atoms with E-state index in [-0.39, 0.29) is 5.92 Å². The van der Waals surface area contributed by atoms with Gasteiger partial charge < -0.3 is 15.7 Å². The van der Waals surface area contributed by atoms with Gasteiger partial charge in [0.25, 0.3) is 0 Å². The lowest BCUT2D eigenvalue weighted by molar-refractivity contribution is -0.140. The summed E-state index contributed by atoms with van der Waals surface area (Å²) in [6, 6.07) is 3.87. The molecule has 1 aromatic rings. The average Bonchev–Trinajstić information content (AvgIpc) is 2.30. The third kappa shape index (κ3) is 4.50. The van der Waals surface area contributed by atoms with Crippen LogP contribution in [0.5, 0.6) is 0 Å². The number of hydrogen-bond donors (Lipinski definition) is 3. The monoisotopic (exact) mass is 392 g/mol. The van der Waals surface area contributed by atoms with Crippen LogP contribution in [0.3, 0.4) is 0 Å². The van der Waals surface area contributed by atoms with Gasteiger partial charge in [0.15, 0.2) is 0 Å². The number of hydrogen-bond acceptors (Lipinski definition) is 2. The Hall–Kier alpha value is -1.08. The lowest BCUT2D eigenvalue weighted by Crippen LogP contribution is -2.46. The van der Waals surface area contributed by atoms with E-state index in [9.17, 15) is 9.59 Å². The number of amides is 2. The zero-order valence-electron chi connectivity index (χ0n) is 10.4. The van der Waals surface area contributed by atoms with Gasteiger partial charge in [0.1, 0.15) is 6.04 Å². The Labute approximate surface area is 128 Å². The Kier molecular flexibility index (Phi) is 5.81. The number of carboxylic acid groups (broad SMARTS) is 1. The van der Waals surface area contributed by atoms with Gasteiger partial charge in [0, 0.05) is 8.95 Å². The number of carbonyl (C=O) groups is 2. The predicted octanol–water partition coefficient (Wildman–Crippen LogP) is 3.44. The van der Waals surface area contributed by atoms with E-state index < -0.39 is 18.0 Å².